The summed E-state index contributed by atoms with van der Waals surface area (Å²) in [5, 5.41) is 19.5. The lowest BCUT2D eigenvalue weighted by Crippen LogP contribution is -2.40. The quantitative estimate of drug-likeness (QED) is 0.321. The van der Waals surface area contributed by atoms with Gasteiger partial charge in [-0.3, -0.25) is 19.6 Å². The predicted molar refractivity (Wildman–Crippen MR) is 68.9 cm³/mol. The van der Waals surface area contributed by atoms with Gasteiger partial charge in [-0.15, -0.1) is 0 Å². The van der Waals surface area contributed by atoms with Crippen molar-refractivity contribution in [3.8, 4) is 0 Å². The average molecular weight is 280 g/mol. The van der Waals surface area contributed by atoms with Crippen LogP contribution in [-0.4, -0.2) is 34.1 Å². The van der Waals surface area contributed by atoms with Crippen LogP contribution in [-0.2, 0) is 20.8 Å². The Bertz CT molecular complexity index is 475. The number of carbonyl (C=O) groups excluding carboxylic acids is 2. The van der Waals surface area contributed by atoms with Crippen LogP contribution >= 0.6 is 0 Å². The van der Waals surface area contributed by atoms with Crippen molar-refractivity contribution < 1.29 is 24.7 Å². The second-order valence-electron chi connectivity index (χ2n) is 4.26. The van der Waals surface area contributed by atoms with Gasteiger partial charge >= 0.3 is 5.97 Å². The van der Waals surface area contributed by atoms with Crippen molar-refractivity contribution in [2.24, 2.45) is 0 Å². The van der Waals surface area contributed by atoms with Gasteiger partial charge in [0.2, 0.25) is 11.8 Å². The molecule has 1 rings (SSSR count). The Balaban J connectivity index is 2.67. The van der Waals surface area contributed by atoms with E-state index < -0.39 is 30.2 Å². The fourth-order valence-corrected chi connectivity index (χ4v) is 1.76. The van der Waals surface area contributed by atoms with E-state index >= 15 is 0 Å². The molecule has 0 aliphatic rings. The average Bonchev–Trinajstić information content (AvgIpc) is 2.38. The Morgan fingerprint density at radius 2 is 1.75 bits per heavy atom. The lowest BCUT2D eigenvalue weighted by molar-refractivity contribution is -0.140. The molecule has 0 aromatic heterocycles. The zero-order valence-corrected chi connectivity index (χ0v) is 10.7. The van der Waals surface area contributed by atoms with Gasteiger partial charge in [-0.05, 0) is 12.0 Å². The van der Waals surface area contributed by atoms with Crippen LogP contribution < -0.4 is 10.8 Å². The maximum atomic E-state index is 11.4. The number of carbonyl (C=O) groups is 3. The molecule has 0 aliphatic heterocycles. The summed E-state index contributed by atoms with van der Waals surface area (Å²) in [5.74, 6) is -2.57. The normalized spacial score (nSPS) is 11.4. The summed E-state index contributed by atoms with van der Waals surface area (Å²) in [6, 6.07) is 8.54. The molecule has 1 aromatic rings. The van der Waals surface area contributed by atoms with Crippen molar-refractivity contribution in [1.29, 1.82) is 0 Å². The molecule has 20 heavy (non-hydrogen) atoms. The Kier molecular flexibility index (Phi) is 6.18. The van der Waals surface area contributed by atoms with Gasteiger partial charge in [0.25, 0.3) is 0 Å². The molecule has 4 N–H and O–H groups in total. The van der Waals surface area contributed by atoms with Gasteiger partial charge in [0.1, 0.15) is 6.42 Å². The fourth-order valence-electron chi connectivity index (χ4n) is 1.76. The number of hydrogen-bond donors (Lipinski definition) is 4. The van der Waals surface area contributed by atoms with E-state index in [1.54, 1.807) is 0 Å². The van der Waals surface area contributed by atoms with Gasteiger partial charge in [0, 0.05) is 12.5 Å². The monoisotopic (exact) mass is 280 g/mol. The standard InChI is InChI=1S/C13H16N2O5/c16-11(8-13(18)19)14-10(7-12(17)15-20)6-9-4-2-1-3-5-9/h1-5,10,20H,6-8H2,(H,14,16)(H,15,17)(H,18,19)/t10-/m0/s1. The molecule has 0 saturated heterocycles. The summed E-state index contributed by atoms with van der Waals surface area (Å²) >= 11 is 0. The molecule has 0 saturated carbocycles. The number of amides is 2. The highest BCUT2D eigenvalue weighted by Gasteiger charge is 2.18. The van der Waals surface area contributed by atoms with Crippen molar-refractivity contribution in [2.75, 3.05) is 0 Å². The van der Waals surface area contributed by atoms with Crippen molar-refractivity contribution in [2.45, 2.75) is 25.3 Å². The van der Waals surface area contributed by atoms with Gasteiger partial charge in [-0.25, -0.2) is 5.48 Å². The van der Waals surface area contributed by atoms with Crippen LogP contribution in [0.25, 0.3) is 0 Å². The zero-order chi connectivity index (χ0) is 15.0. The number of carboxylic acid groups (broad SMARTS) is 1. The van der Waals surface area contributed by atoms with Gasteiger partial charge in [0.15, 0.2) is 0 Å². The van der Waals surface area contributed by atoms with Crippen molar-refractivity contribution in [3.05, 3.63) is 35.9 Å². The molecular formula is C13H16N2O5. The third kappa shape index (κ3) is 5.96. The summed E-state index contributed by atoms with van der Waals surface area (Å²) in [6.45, 7) is 0. The minimum atomic E-state index is -1.24. The highest BCUT2D eigenvalue weighted by Crippen LogP contribution is 2.06. The van der Waals surface area contributed by atoms with Crippen LogP contribution in [0.2, 0.25) is 0 Å². The number of carboxylic acids is 1. The molecule has 0 aliphatic carbocycles. The maximum Gasteiger partial charge on any atom is 0.312 e. The van der Waals surface area contributed by atoms with E-state index in [9.17, 15) is 14.4 Å². The third-order valence-electron chi connectivity index (χ3n) is 2.56. The first-order chi connectivity index (χ1) is 9.51. The molecule has 7 heteroatoms. The molecule has 7 nitrogen and oxygen atoms in total. The first-order valence-electron chi connectivity index (χ1n) is 5.99. The number of aliphatic carboxylic acids is 1. The zero-order valence-electron chi connectivity index (χ0n) is 10.7. The van der Waals surface area contributed by atoms with Crippen LogP contribution in [0.3, 0.4) is 0 Å². The number of rotatable bonds is 7. The summed E-state index contributed by atoms with van der Waals surface area (Å²) in [7, 11) is 0. The number of hydrogen-bond acceptors (Lipinski definition) is 4. The number of nitrogens with one attached hydrogen (secondary N) is 2. The van der Waals surface area contributed by atoms with Crippen LogP contribution in [0.1, 0.15) is 18.4 Å². The van der Waals surface area contributed by atoms with E-state index in [2.05, 4.69) is 5.32 Å². The maximum absolute atomic E-state index is 11.4. The first-order valence-corrected chi connectivity index (χ1v) is 5.99. The number of hydroxylamine groups is 1. The van der Waals surface area contributed by atoms with Crippen molar-refractivity contribution >= 4 is 17.8 Å². The molecule has 1 aromatic carbocycles. The second-order valence-corrected chi connectivity index (χ2v) is 4.26. The van der Waals surface area contributed by atoms with E-state index in [0.717, 1.165) is 5.56 Å². The van der Waals surface area contributed by atoms with Gasteiger partial charge in [0.05, 0.1) is 0 Å². The molecule has 2 amide bonds. The highest BCUT2D eigenvalue weighted by atomic mass is 16.5. The van der Waals surface area contributed by atoms with Crippen LogP contribution in [0.5, 0.6) is 0 Å². The smallest absolute Gasteiger partial charge is 0.312 e. The summed E-state index contributed by atoms with van der Waals surface area (Å²) < 4.78 is 0. The molecule has 0 fully saturated rings. The van der Waals surface area contributed by atoms with Crippen LogP contribution in [0.4, 0.5) is 0 Å². The molecule has 0 bridgehead atoms. The van der Waals surface area contributed by atoms with E-state index in [-0.39, 0.29) is 6.42 Å². The Morgan fingerprint density at radius 3 is 2.30 bits per heavy atom. The minimum Gasteiger partial charge on any atom is -0.481 e. The van der Waals surface area contributed by atoms with E-state index in [4.69, 9.17) is 10.3 Å². The molecule has 0 spiro atoms. The summed E-state index contributed by atoms with van der Waals surface area (Å²) in [5.41, 5.74) is 2.38. The van der Waals surface area contributed by atoms with Crippen LogP contribution in [0, 0.1) is 0 Å². The fraction of sp³-hybridized carbons (Fsp3) is 0.308. The van der Waals surface area contributed by atoms with Crippen molar-refractivity contribution in [3.63, 3.8) is 0 Å². The Morgan fingerprint density at radius 1 is 1.10 bits per heavy atom. The van der Waals surface area contributed by atoms with Gasteiger partial charge < -0.3 is 10.4 Å². The summed E-state index contributed by atoms with van der Waals surface area (Å²) in [6.07, 6.45) is -0.442. The molecule has 0 heterocycles. The van der Waals surface area contributed by atoms with E-state index in [1.807, 2.05) is 30.3 Å². The minimum absolute atomic E-state index is 0.142. The predicted octanol–water partition coefficient (Wildman–Crippen LogP) is 0.0841. The lowest BCUT2D eigenvalue weighted by Gasteiger charge is -2.17. The Labute approximate surface area is 115 Å². The molecular weight excluding hydrogens is 264 g/mol. The van der Waals surface area contributed by atoms with Crippen molar-refractivity contribution in [1.82, 2.24) is 10.8 Å². The molecule has 108 valence electrons. The SMILES string of the molecule is O=C(O)CC(=O)N[C@H](CC(=O)NO)Cc1ccccc1. The van der Waals surface area contributed by atoms with E-state index in [1.165, 1.54) is 5.48 Å². The van der Waals surface area contributed by atoms with Crippen LogP contribution in [0.15, 0.2) is 30.3 Å². The molecule has 0 radical (unpaired) electrons. The number of benzene rings is 1. The Hall–Kier alpha value is -2.41. The third-order valence-corrected chi connectivity index (χ3v) is 2.56. The largest absolute Gasteiger partial charge is 0.481 e. The van der Waals surface area contributed by atoms with E-state index in [0.29, 0.717) is 6.42 Å². The topological polar surface area (TPSA) is 116 Å². The summed E-state index contributed by atoms with van der Waals surface area (Å²) in [4.78, 5) is 33.1. The highest BCUT2D eigenvalue weighted by molar-refractivity contribution is 5.93. The van der Waals surface area contributed by atoms with Gasteiger partial charge in [-0.2, -0.15) is 0 Å². The van der Waals surface area contributed by atoms with Gasteiger partial charge in [-0.1, -0.05) is 30.3 Å². The molecule has 1 atom stereocenters. The first kappa shape index (κ1) is 15.6. The lowest BCUT2D eigenvalue weighted by atomic mass is 10.0. The second kappa shape index (κ2) is 7.90. The molecule has 0 unspecified atom stereocenters.